The number of ether oxygens (including phenoxy) is 1. The molecule has 2 fully saturated rings. The third-order valence-corrected chi connectivity index (χ3v) is 11.2. The Kier molecular flexibility index (Phi) is 8.54. The topological polar surface area (TPSA) is 140 Å². The Labute approximate surface area is 285 Å². The van der Waals surface area contributed by atoms with E-state index in [1.165, 1.54) is 4.31 Å². The van der Waals surface area contributed by atoms with Gasteiger partial charge >= 0.3 is 6.18 Å². The van der Waals surface area contributed by atoms with Crippen LogP contribution in [-0.4, -0.2) is 54.1 Å². The first-order valence-electron chi connectivity index (χ1n) is 16.1. The van der Waals surface area contributed by atoms with Crippen molar-refractivity contribution in [1.82, 2.24) is 30.0 Å². The Bertz CT molecular complexity index is 1930. The molecular weight excluding hydrogens is 655 g/mol. The molecule has 4 heterocycles. The Morgan fingerprint density at radius 1 is 1.10 bits per heavy atom. The molecule has 2 N–H and O–H groups in total. The van der Waals surface area contributed by atoms with Crippen molar-refractivity contribution in [2.75, 3.05) is 23.3 Å². The maximum atomic E-state index is 14.6. The molecule has 11 nitrogen and oxygen atoms in total. The van der Waals surface area contributed by atoms with Crippen LogP contribution in [0, 0.1) is 18.3 Å². The number of nitrogens with one attached hydrogen (secondary N) is 2. The van der Waals surface area contributed by atoms with Gasteiger partial charge in [0.2, 0.25) is 0 Å². The summed E-state index contributed by atoms with van der Waals surface area (Å²) in [6, 6.07) is 10.5. The number of halogens is 3. The van der Waals surface area contributed by atoms with Gasteiger partial charge in [-0.05, 0) is 80.0 Å². The number of alkyl halides is 3. The van der Waals surface area contributed by atoms with Crippen LogP contribution in [0.1, 0.15) is 60.9 Å². The number of hydrogen-bond donors (Lipinski definition) is 2. The van der Waals surface area contributed by atoms with E-state index in [4.69, 9.17) is 9.72 Å². The number of hydrogen-bond acceptors (Lipinski definition) is 10. The molecule has 49 heavy (non-hydrogen) atoms. The molecular formula is C34H36F3N9O2S. The minimum atomic E-state index is -4.65. The average molecular weight is 692 g/mol. The standard InChI is InChI=1S/C34H36F3N9O2S/c1-21-11-24(25(17-39-21)31-44-41-20-45(31)2)23-14-29(43-32(7-8-32)9-10-38)42-30(15-23)46-18-26-27(34(35,36)37)12-22(13-28(26)49(46)47)16-40-33(19-48-3)5-4-6-33/h11-15,17,20,40H,4-9,16,18-19H2,1-3H3,(H,42,43). The fourth-order valence-corrected chi connectivity index (χ4v) is 8.08. The molecule has 3 aliphatic rings. The van der Waals surface area contributed by atoms with Crippen LogP contribution in [0.3, 0.4) is 0 Å². The zero-order valence-corrected chi connectivity index (χ0v) is 28.2. The summed E-state index contributed by atoms with van der Waals surface area (Å²) in [4.78, 5) is 9.39. The molecule has 1 aliphatic heterocycles. The van der Waals surface area contributed by atoms with E-state index in [0.717, 1.165) is 49.4 Å². The highest BCUT2D eigenvalue weighted by molar-refractivity contribution is 7.93. The van der Waals surface area contributed by atoms with Crippen molar-refractivity contribution in [3.8, 4) is 28.6 Å². The van der Waals surface area contributed by atoms with Gasteiger partial charge in [-0.25, -0.2) is 4.98 Å². The lowest BCUT2D eigenvalue weighted by molar-refractivity contribution is -0.138. The van der Waals surface area contributed by atoms with E-state index < -0.39 is 28.6 Å². The first kappa shape index (κ1) is 33.3. The van der Waals surface area contributed by atoms with Crippen LogP contribution in [0.5, 0.6) is 0 Å². The van der Waals surface area contributed by atoms with Gasteiger partial charge in [0.15, 0.2) is 16.5 Å². The van der Waals surface area contributed by atoms with Crippen LogP contribution in [0.15, 0.2) is 47.8 Å². The summed E-state index contributed by atoms with van der Waals surface area (Å²) < 4.78 is 66.5. The lowest BCUT2D eigenvalue weighted by Crippen LogP contribution is -2.53. The SMILES string of the molecule is COCC1(NCc2cc3c(c(C(F)(F)F)c2)CN(c2cc(-c4cc(C)ncc4-c4nncn4C)cc(NC4(CC#N)CC4)n2)[S+]3[O-])CCC1. The van der Waals surface area contributed by atoms with Gasteiger partial charge in [0.25, 0.3) is 0 Å². The number of aromatic nitrogens is 5. The van der Waals surface area contributed by atoms with Gasteiger partial charge in [-0.2, -0.15) is 22.7 Å². The second-order valence-electron chi connectivity index (χ2n) is 13.3. The van der Waals surface area contributed by atoms with E-state index in [2.05, 4.69) is 31.9 Å². The number of methoxy groups -OCH3 is 1. The summed E-state index contributed by atoms with van der Waals surface area (Å²) in [7, 11) is 3.43. The van der Waals surface area contributed by atoms with E-state index in [-0.39, 0.29) is 41.3 Å². The number of nitriles is 1. The second-order valence-corrected chi connectivity index (χ2v) is 14.7. The van der Waals surface area contributed by atoms with E-state index >= 15 is 0 Å². The fraction of sp³-hybridized carbons (Fsp3) is 0.441. The van der Waals surface area contributed by atoms with Gasteiger partial charge in [0.05, 0.1) is 36.7 Å². The van der Waals surface area contributed by atoms with Crippen molar-refractivity contribution < 1.29 is 22.5 Å². The molecule has 7 rings (SSSR count). The predicted octanol–water partition coefficient (Wildman–Crippen LogP) is 5.83. The van der Waals surface area contributed by atoms with Gasteiger partial charge in [-0.15, -0.1) is 10.2 Å². The summed E-state index contributed by atoms with van der Waals surface area (Å²) in [5.41, 5.74) is 1.68. The lowest BCUT2D eigenvalue weighted by atomic mass is 9.77. The molecule has 3 aromatic heterocycles. The maximum absolute atomic E-state index is 14.6. The monoisotopic (exact) mass is 691 g/mol. The molecule has 1 atom stereocenters. The van der Waals surface area contributed by atoms with E-state index in [9.17, 15) is 23.0 Å². The first-order valence-corrected chi connectivity index (χ1v) is 17.2. The van der Waals surface area contributed by atoms with Crippen molar-refractivity contribution in [2.45, 2.75) is 80.7 Å². The Morgan fingerprint density at radius 2 is 1.90 bits per heavy atom. The molecule has 0 saturated heterocycles. The molecule has 0 radical (unpaired) electrons. The van der Waals surface area contributed by atoms with Crippen LogP contribution >= 0.6 is 0 Å². The minimum Gasteiger partial charge on any atom is -0.588 e. The fourth-order valence-electron chi connectivity index (χ4n) is 6.69. The number of benzene rings is 1. The maximum Gasteiger partial charge on any atom is 0.416 e. The van der Waals surface area contributed by atoms with Crippen LogP contribution < -0.4 is 14.9 Å². The highest BCUT2D eigenvalue weighted by Gasteiger charge is 2.46. The molecule has 1 unspecified atom stereocenters. The van der Waals surface area contributed by atoms with Crippen LogP contribution in [0.4, 0.5) is 24.8 Å². The highest BCUT2D eigenvalue weighted by atomic mass is 32.2. The highest BCUT2D eigenvalue weighted by Crippen LogP contribution is 2.46. The molecule has 0 amide bonds. The third kappa shape index (κ3) is 6.45. The quantitative estimate of drug-likeness (QED) is 0.185. The number of nitrogens with zero attached hydrogens (tertiary/aromatic N) is 7. The molecule has 256 valence electrons. The smallest absolute Gasteiger partial charge is 0.416 e. The van der Waals surface area contributed by atoms with Crippen molar-refractivity contribution >= 4 is 23.0 Å². The van der Waals surface area contributed by atoms with E-state index in [1.54, 1.807) is 36.3 Å². The van der Waals surface area contributed by atoms with Crippen molar-refractivity contribution in [3.63, 3.8) is 0 Å². The van der Waals surface area contributed by atoms with Crippen molar-refractivity contribution in [3.05, 3.63) is 65.2 Å². The van der Waals surface area contributed by atoms with E-state index in [1.807, 2.05) is 26.1 Å². The van der Waals surface area contributed by atoms with Gasteiger partial charge in [0.1, 0.15) is 23.5 Å². The molecule has 2 saturated carbocycles. The molecule has 2 aliphatic carbocycles. The predicted molar refractivity (Wildman–Crippen MR) is 177 cm³/mol. The summed E-state index contributed by atoms with van der Waals surface area (Å²) in [5, 5.41) is 24.6. The Hall–Kier alpha value is -4.23. The summed E-state index contributed by atoms with van der Waals surface area (Å²) in [5.74, 6) is 1.24. The summed E-state index contributed by atoms with van der Waals surface area (Å²) in [6.45, 7) is 2.26. The molecule has 1 aromatic carbocycles. The average Bonchev–Trinajstić information content (AvgIpc) is 3.52. The molecule has 4 aromatic rings. The Morgan fingerprint density at radius 3 is 2.53 bits per heavy atom. The van der Waals surface area contributed by atoms with Crippen LogP contribution in [-0.2, 0) is 42.4 Å². The van der Waals surface area contributed by atoms with Crippen molar-refractivity contribution in [1.29, 1.82) is 5.26 Å². The summed E-state index contributed by atoms with van der Waals surface area (Å²) >= 11 is -1.99. The van der Waals surface area contributed by atoms with Gasteiger partial charge in [0, 0.05) is 55.3 Å². The Balaban J connectivity index is 1.30. The van der Waals surface area contributed by atoms with Gasteiger partial charge < -0.3 is 24.5 Å². The molecule has 15 heteroatoms. The molecule has 0 bridgehead atoms. The zero-order chi connectivity index (χ0) is 34.6. The van der Waals surface area contributed by atoms with Gasteiger partial charge in [-0.1, -0.05) is 0 Å². The van der Waals surface area contributed by atoms with Crippen molar-refractivity contribution in [2.24, 2.45) is 7.05 Å². The lowest BCUT2D eigenvalue weighted by Gasteiger charge is -2.42. The van der Waals surface area contributed by atoms with E-state index in [0.29, 0.717) is 34.9 Å². The molecule has 0 spiro atoms. The summed E-state index contributed by atoms with van der Waals surface area (Å²) in [6.07, 6.45) is 3.23. The number of anilines is 2. The minimum absolute atomic E-state index is 0.0331. The van der Waals surface area contributed by atoms with Gasteiger partial charge in [-0.3, -0.25) is 4.98 Å². The largest absolute Gasteiger partial charge is 0.588 e. The second kappa shape index (κ2) is 12.6. The third-order valence-electron chi connectivity index (χ3n) is 9.70. The number of aryl methyl sites for hydroxylation is 2. The number of pyridine rings is 2. The van der Waals surface area contributed by atoms with Crippen LogP contribution in [0.2, 0.25) is 0 Å². The normalized spacial score (nSPS) is 18.9. The van der Waals surface area contributed by atoms with Crippen LogP contribution in [0.25, 0.3) is 22.5 Å². The zero-order valence-electron chi connectivity index (χ0n) is 27.4. The number of fused-ring (bicyclic) bond motifs is 1. The first-order chi connectivity index (χ1) is 23.4. The number of rotatable bonds is 11.